The fraction of sp³-hybridized carbons (Fsp3) is 0.0625. The molecule has 0 unspecified atom stereocenters. The second-order valence-corrected chi connectivity index (χ2v) is 6.33. The van der Waals surface area contributed by atoms with Crippen LogP contribution in [0.1, 0.15) is 5.56 Å². The Morgan fingerprint density at radius 3 is 2.17 bits per heavy atom. The quantitative estimate of drug-likeness (QED) is 0.397. The number of para-hydroxylation sites is 1. The molecule has 0 bridgehead atoms. The van der Waals surface area contributed by atoms with Crippen molar-refractivity contribution >= 4 is 26.8 Å². The Bertz CT molecular complexity index is 923. The monoisotopic (exact) mass is 331 g/mol. The summed E-state index contributed by atoms with van der Waals surface area (Å²) in [6, 6.07) is 17.4. The summed E-state index contributed by atoms with van der Waals surface area (Å²) in [6.45, 7) is 1.82. The molecule has 3 rings (SSSR count). The lowest BCUT2D eigenvalue weighted by Gasteiger charge is -2.05. The van der Waals surface area contributed by atoms with Crippen molar-refractivity contribution in [3.05, 3.63) is 66.2 Å². The van der Waals surface area contributed by atoms with Crippen LogP contribution in [0.4, 0.5) is 5.82 Å². The lowest BCUT2D eigenvalue weighted by molar-refractivity contribution is -0.595. The average molecular weight is 331 g/mol. The third-order valence-electron chi connectivity index (χ3n) is 3.22. The predicted octanol–water partition coefficient (Wildman–Crippen LogP) is 1.32. The summed E-state index contributed by atoms with van der Waals surface area (Å²) in [5.41, 5.74) is 7.49. The van der Waals surface area contributed by atoms with Gasteiger partial charge in [0, 0.05) is 11.5 Å². The number of pyridine rings is 1. The summed E-state index contributed by atoms with van der Waals surface area (Å²) in [5, 5.41) is 1.09. The van der Waals surface area contributed by atoms with Crippen molar-refractivity contribution in [2.75, 3.05) is 11.6 Å². The van der Waals surface area contributed by atoms with Crippen molar-refractivity contribution in [2.24, 2.45) is 0 Å². The van der Waals surface area contributed by atoms with Crippen LogP contribution in [0.3, 0.4) is 0 Å². The van der Waals surface area contributed by atoms with Crippen molar-refractivity contribution in [3.63, 3.8) is 0 Å². The molecule has 0 saturated heterocycles. The normalized spacial score (nSPS) is 10.9. The van der Waals surface area contributed by atoms with Crippen LogP contribution in [-0.4, -0.2) is 13.0 Å². The van der Waals surface area contributed by atoms with Gasteiger partial charge in [-0.1, -0.05) is 35.9 Å². The molecule has 0 atom stereocenters. The third kappa shape index (κ3) is 4.18. The van der Waals surface area contributed by atoms with Gasteiger partial charge in [0.15, 0.2) is 5.52 Å². The van der Waals surface area contributed by atoms with Crippen molar-refractivity contribution in [3.8, 4) is 0 Å². The van der Waals surface area contributed by atoms with E-state index in [1.807, 2.05) is 37.3 Å². The number of nitrogen functional groups attached to an aromatic ring is 2. The topological polar surface area (TPSA) is 113 Å². The number of hydrogen-bond donors (Lipinski definition) is 2. The third-order valence-corrected chi connectivity index (χ3v) is 4.07. The molecule has 1 aromatic heterocycles. The molecule has 0 aliphatic heterocycles. The van der Waals surface area contributed by atoms with Crippen LogP contribution in [-0.2, 0) is 10.1 Å². The zero-order valence-corrected chi connectivity index (χ0v) is 13.3. The van der Waals surface area contributed by atoms with E-state index in [1.54, 1.807) is 18.2 Å². The van der Waals surface area contributed by atoms with E-state index in [4.69, 9.17) is 11.6 Å². The number of benzene rings is 2. The first-order chi connectivity index (χ1) is 10.8. The van der Waals surface area contributed by atoms with Gasteiger partial charge >= 0.3 is 0 Å². The van der Waals surface area contributed by atoms with Gasteiger partial charge in [-0.15, -0.1) is 4.68 Å². The lowest BCUT2D eigenvalue weighted by Crippen LogP contribution is -2.47. The fourth-order valence-corrected chi connectivity index (χ4v) is 2.42. The molecule has 120 valence electrons. The highest BCUT2D eigenvalue weighted by Gasteiger charge is 2.04. The van der Waals surface area contributed by atoms with E-state index in [0.717, 1.165) is 16.5 Å². The largest absolute Gasteiger partial charge is 0.744 e. The summed E-state index contributed by atoms with van der Waals surface area (Å²) in [4.78, 5) is -0.178. The highest BCUT2D eigenvalue weighted by Crippen LogP contribution is 2.09. The maximum absolute atomic E-state index is 10.4. The average Bonchev–Trinajstić information content (AvgIpc) is 2.51. The summed E-state index contributed by atoms with van der Waals surface area (Å²) in [5.74, 6) is 6.27. The fourth-order valence-electron chi connectivity index (χ4n) is 1.95. The molecule has 1 heterocycles. The van der Waals surface area contributed by atoms with E-state index >= 15 is 0 Å². The van der Waals surface area contributed by atoms with Crippen LogP contribution in [0.15, 0.2) is 65.6 Å². The maximum Gasteiger partial charge on any atom is 0.296 e. The Morgan fingerprint density at radius 1 is 0.957 bits per heavy atom. The molecule has 23 heavy (non-hydrogen) atoms. The molecule has 3 aromatic rings. The van der Waals surface area contributed by atoms with Gasteiger partial charge in [0.05, 0.1) is 4.90 Å². The number of aryl methyl sites for hydroxylation is 1. The Morgan fingerprint density at radius 2 is 1.57 bits per heavy atom. The molecule has 7 heteroatoms. The number of hydrogen-bond acceptors (Lipinski definition) is 5. The first-order valence-electron chi connectivity index (χ1n) is 6.76. The van der Waals surface area contributed by atoms with Gasteiger partial charge < -0.3 is 4.55 Å². The minimum absolute atomic E-state index is 0.178. The Labute approximate surface area is 134 Å². The van der Waals surface area contributed by atoms with Crippen LogP contribution in [0, 0.1) is 6.92 Å². The summed E-state index contributed by atoms with van der Waals surface area (Å²) >= 11 is 0. The summed E-state index contributed by atoms with van der Waals surface area (Å²) in [6.07, 6.45) is 0. The predicted molar refractivity (Wildman–Crippen MR) is 87.8 cm³/mol. The van der Waals surface area contributed by atoms with Crippen molar-refractivity contribution in [1.29, 1.82) is 0 Å². The highest BCUT2D eigenvalue weighted by atomic mass is 32.2. The first-order valence-corrected chi connectivity index (χ1v) is 8.17. The van der Waals surface area contributed by atoms with Gasteiger partial charge in [-0.2, -0.15) is 0 Å². The minimum Gasteiger partial charge on any atom is -0.744 e. The van der Waals surface area contributed by atoms with E-state index in [-0.39, 0.29) is 4.90 Å². The van der Waals surface area contributed by atoms with Crippen LogP contribution in [0.5, 0.6) is 0 Å². The van der Waals surface area contributed by atoms with Gasteiger partial charge in [0.2, 0.25) is 0 Å². The molecule has 0 aliphatic rings. The van der Waals surface area contributed by atoms with E-state index < -0.39 is 10.1 Å². The van der Waals surface area contributed by atoms with Crippen LogP contribution < -0.4 is 16.3 Å². The zero-order chi connectivity index (χ0) is 17.0. The Balaban J connectivity index is 0.000000168. The number of anilines is 1. The van der Waals surface area contributed by atoms with E-state index in [0.29, 0.717) is 5.82 Å². The molecule has 0 amide bonds. The van der Waals surface area contributed by atoms with Gasteiger partial charge in [0.1, 0.15) is 10.1 Å². The zero-order valence-electron chi connectivity index (χ0n) is 12.5. The minimum atomic E-state index is -4.27. The van der Waals surface area contributed by atoms with Crippen molar-refractivity contribution < 1.29 is 17.6 Å². The molecule has 2 aromatic carbocycles. The van der Waals surface area contributed by atoms with Crippen LogP contribution in [0.2, 0.25) is 0 Å². The number of aromatic nitrogens is 1. The van der Waals surface area contributed by atoms with E-state index in [2.05, 4.69) is 0 Å². The van der Waals surface area contributed by atoms with Gasteiger partial charge in [-0.25, -0.2) is 8.42 Å². The number of fused-ring (bicyclic) bond motifs is 1. The summed E-state index contributed by atoms with van der Waals surface area (Å²) < 4.78 is 32.6. The highest BCUT2D eigenvalue weighted by molar-refractivity contribution is 7.85. The Hall–Kier alpha value is -2.64. The molecule has 0 saturated carbocycles. The lowest BCUT2D eigenvalue weighted by atomic mass is 10.2. The maximum atomic E-state index is 10.4. The second kappa shape index (κ2) is 6.64. The standard InChI is InChI=1S/C9H9N3.C7H8O3S/c10-9-6-5-7-3-1-2-4-8(7)12(9)11;1-6-2-4-7(5-3-6)11(8,9)10/h1-6,10H,11H2;2-5H,1H3,(H,8,9,10). The number of nitrogens with zero attached hydrogens (tertiary/aromatic N) is 1. The molecule has 0 aliphatic carbocycles. The molecule has 0 fully saturated rings. The van der Waals surface area contributed by atoms with Crippen LogP contribution >= 0.6 is 0 Å². The molecule has 6 nitrogen and oxygen atoms in total. The molecule has 0 radical (unpaired) electrons. The van der Waals surface area contributed by atoms with Crippen molar-refractivity contribution in [1.82, 2.24) is 0 Å². The molecular weight excluding hydrogens is 314 g/mol. The molecule has 0 spiro atoms. The smallest absolute Gasteiger partial charge is 0.296 e. The second-order valence-electron chi connectivity index (χ2n) is 4.95. The molecule has 4 N–H and O–H groups in total. The van der Waals surface area contributed by atoms with Gasteiger partial charge in [0.25, 0.3) is 5.82 Å². The van der Waals surface area contributed by atoms with E-state index in [9.17, 15) is 13.0 Å². The number of rotatable bonds is 1. The van der Waals surface area contributed by atoms with E-state index in [1.165, 1.54) is 16.8 Å². The summed E-state index contributed by atoms with van der Waals surface area (Å²) in [7, 11) is -4.27. The first kappa shape index (κ1) is 16.7. The van der Waals surface area contributed by atoms with Crippen molar-refractivity contribution in [2.45, 2.75) is 11.8 Å². The number of nitrogens with two attached hydrogens (primary N) is 2. The Kier molecular flexibility index (Phi) is 4.83. The molecular formula is C16H17N3O3S. The SMILES string of the molecule is Cc1ccc(S(=O)(=O)[O-])cc1.Nc1ccc2ccccc2[n+]1N. The van der Waals surface area contributed by atoms with Crippen LogP contribution in [0.25, 0.3) is 10.9 Å². The van der Waals surface area contributed by atoms with Gasteiger partial charge in [-0.3, -0.25) is 11.6 Å². The van der Waals surface area contributed by atoms with Gasteiger partial charge in [-0.05, 0) is 31.2 Å².